The molecule has 0 aliphatic carbocycles. The molecular formula is C15H20N6O6. The number of H-pyrrole nitrogens is 1. The molecule has 2 fully saturated rings. The Morgan fingerprint density at radius 1 is 1.44 bits per heavy atom. The third-order valence-corrected chi connectivity index (χ3v) is 4.50. The number of carbonyl (C=O) groups is 1. The van der Waals surface area contributed by atoms with E-state index in [0.29, 0.717) is 31.9 Å². The number of aromatic amines is 1. The molecular weight excluding hydrogens is 360 g/mol. The van der Waals surface area contributed by atoms with Crippen molar-refractivity contribution < 1.29 is 19.0 Å². The molecule has 0 spiro atoms. The van der Waals surface area contributed by atoms with Crippen molar-refractivity contribution in [2.45, 2.75) is 31.7 Å². The van der Waals surface area contributed by atoms with Crippen LogP contribution in [0.2, 0.25) is 0 Å². The summed E-state index contributed by atoms with van der Waals surface area (Å²) in [6, 6.07) is -0.614. The van der Waals surface area contributed by atoms with Gasteiger partial charge in [-0.3, -0.25) is 14.3 Å². The molecule has 0 aromatic carbocycles. The van der Waals surface area contributed by atoms with E-state index in [9.17, 15) is 14.4 Å². The van der Waals surface area contributed by atoms with E-state index in [1.165, 1.54) is 15.7 Å². The van der Waals surface area contributed by atoms with Gasteiger partial charge in [-0.15, -0.1) is 0 Å². The van der Waals surface area contributed by atoms with Gasteiger partial charge in [0.2, 0.25) is 0 Å². The highest BCUT2D eigenvalue weighted by molar-refractivity contribution is 5.67. The number of hydrogen-bond acceptors (Lipinski definition) is 7. The number of morpholine rings is 1. The maximum atomic E-state index is 12.1. The van der Waals surface area contributed by atoms with Crippen molar-refractivity contribution in [3.8, 4) is 0 Å². The van der Waals surface area contributed by atoms with Crippen LogP contribution in [0.4, 0.5) is 4.79 Å². The van der Waals surface area contributed by atoms with Crippen molar-refractivity contribution in [2.75, 3.05) is 32.9 Å². The van der Waals surface area contributed by atoms with Gasteiger partial charge < -0.3 is 19.1 Å². The average Bonchev–Trinajstić information content (AvgIpc) is 3.06. The van der Waals surface area contributed by atoms with E-state index in [0.717, 1.165) is 0 Å². The zero-order chi connectivity index (χ0) is 19.4. The fraction of sp³-hybridized carbons (Fsp3) is 0.667. The van der Waals surface area contributed by atoms with Gasteiger partial charge in [-0.2, -0.15) is 0 Å². The number of nitrogens with zero attached hydrogens (tertiary/aromatic N) is 5. The highest BCUT2D eigenvalue weighted by atomic mass is 16.6. The average molecular weight is 380 g/mol. The third kappa shape index (κ3) is 4.30. The summed E-state index contributed by atoms with van der Waals surface area (Å²) in [5.41, 5.74) is 8.02. The molecule has 1 aromatic heterocycles. The molecule has 3 rings (SSSR count). The Labute approximate surface area is 153 Å². The zero-order valence-corrected chi connectivity index (χ0v) is 14.7. The minimum Gasteiger partial charge on any atom is -0.447 e. The van der Waals surface area contributed by atoms with Crippen molar-refractivity contribution in [1.82, 2.24) is 14.5 Å². The predicted octanol–water partition coefficient (Wildman–Crippen LogP) is 0.280. The first kappa shape index (κ1) is 19.0. The second-order valence-electron chi connectivity index (χ2n) is 6.29. The second-order valence-corrected chi connectivity index (χ2v) is 6.29. The smallest absolute Gasteiger partial charge is 0.410 e. The highest BCUT2D eigenvalue weighted by Gasteiger charge is 2.37. The Morgan fingerprint density at radius 3 is 2.89 bits per heavy atom. The van der Waals surface area contributed by atoms with Gasteiger partial charge in [-0.25, -0.2) is 9.59 Å². The number of azide groups is 1. The predicted molar refractivity (Wildman–Crippen MR) is 91.3 cm³/mol. The summed E-state index contributed by atoms with van der Waals surface area (Å²) >= 11 is 0. The quantitative estimate of drug-likeness (QED) is 0.450. The Bertz CT molecular complexity index is 853. The highest BCUT2D eigenvalue weighted by Crippen LogP contribution is 2.30. The van der Waals surface area contributed by atoms with E-state index in [2.05, 4.69) is 15.0 Å². The number of nitrogens with one attached hydrogen (secondary N) is 1. The molecule has 2 aliphatic heterocycles. The van der Waals surface area contributed by atoms with E-state index >= 15 is 0 Å². The lowest BCUT2D eigenvalue weighted by atomic mass is 10.1. The van der Waals surface area contributed by atoms with Crippen LogP contribution in [0.3, 0.4) is 0 Å². The summed E-state index contributed by atoms with van der Waals surface area (Å²) in [6.45, 7) is 3.24. The SMILES string of the molecule is Cc1cn([C@H]2C[C@H](N=[N+]=[N-])[C@@H](COC(=O)N3CCOCC3)O2)c(=O)[nH]c1=O. The van der Waals surface area contributed by atoms with Crippen molar-refractivity contribution >= 4 is 6.09 Å². The second kappa shape index (κ2) is 8.25. The normalized spacial score (nSPS) is 25.1. The Hall–Kier alpha value is -2.82. The summed E-state index contributed by atoms with van der Waals surface area (Å²) in [6.07, 6.45) is -0.330. The van der Waals surface area contributed by atoms with Crippen LogP contribution in [0, 0.1) is 6.92 Å². The molecule has 1 amide bonds. The number of carbonyl (C=O) groups excluding carboxylic acids is 1. The lowest BCUT2D eigenvalue weighted by Gasteiger charge is -2.26. The van der Waals surface area contributed by atoms with Crippen molar-refractivity contribution in [3.05, 3.63) is 43.0 Å². The lowest BCUT2D eigenvalue weighted by Crippen LogP contribution is -2.42. The Balaban J connectivity index is 1.69. The standard InChI is InChI=1S/C15H20N6O6/c1-9-7-21(14(23)17-13(9)22)12-6-10(18-19-16)11(27-12)8-26-15(24)20-2-4-25-5-3-20/h7,10-12H,2-6,8H2,1H3,(H,17,22,23)/t10-,11+,12+/m0/s1. The summed E-state index contributed by atoms with van der Waals surface area (Å²) in [5.74, 6) is 0. The maximum Gasteiger partial charge on any atom is 0.410 e. The number of ether oxygens (including phenoxy) is 3. The molecule has 12 nitrogen and oxygen atoms in total. The van der Waals surface area contributed by atoms with Crippen LogP contribution >= 0.6 is 0 Å². The first-order valence-electron chi connectivity index (χ1n) is 8.50. The first-order chi connectivity index (χ1) is 13.0. The fourth-order valence-electron chi connectivity index (χ4n) is 3.01. The van der Waals surface area contributed by atoms with Gasteiger partial charge in [0.05, 0.1) is 19.3 Å². The van der Waals surface area contributed by atoms with Crippen LogP contribution < -0.4 is 11.2 Å². The van der Waals surface area contributed by atoms with Crippen molar-refractivity contribution in [3.63, 3.8) is 0 Å². The van der Waals surface area contributed by atoms with E-state index in [4.69, 9.17) is 19.7 Å². The summed E-state index contributed by atoms with van der Waals surface area (Å²) in [4.78, 5) is 42.2. The minimum absolute atomic E-state index is 0.118. The van der Waals surface area contributed by atoms with Crippen LogP contribution in [-0.4, -0.2) is 65.6 Å². The summed E-state index contributed by atoms with van der Waals surface area (Å²) in [7, 11) is 0. The molecule has 0 saturated carbocycles. The lowest BCUT2D eigenvalue weighted by molar-refractivity contribution is -0.0395. The number of rotatable bonds is 4. The summed E-state index contributed by atoms with van der Waals surface area (Å²) in [5, 5.41) is 3.68. The molecule has 2 aliphatic rings. The van der Waals surface area contributed by atoms with Crippen LogP contribution in [0.1, 0.15) is 18.2 Å². The van der Waals surface area contributed by atoms with Gasteiger partial charge in [0, 0.05) is 36.2 Å². The van der Waals surface area contributed by atoms with Crippen LogP contribution in [-0.2, 0) is 14.2 Å². The van der Waals surface area contributed by atoms with E-state index < -0.39 is 35.7 Å². The first-order valence-corrected chi connectivity index (χ1v) is 8.50. The Kier molecular flexibility index (Phi) is 5.79. The zero-order valence-electron chi connectivity index (χ0n) is 14.7. The number of amides is 1. The van der Waals surface area contributed by atoms with Crippen LogP contribution in [0.25, 0.3) is 10.4 Å². The van der Waals surface area contributed by atoms with Gasteiger partial charge >= 0.3 is 11.8 Å². The number of aryl methyl sites for hydroxylation is 1. The molecule has 146 valence electrons. The molecule has 3 heterocycles. The topological polar surface area (TPSA) is 152 Å². The fourth-order valence-corrected chi connectivity index (χ4v) is 3.01. The number of hydrogen-bond donors (Lipinski definition) is 1. The molecule has 27 heavy (non-hydrogen) atoms. The molecule has 12 heteroatoms. The van der Waals surface area contributed by atoms with E-state index in [1.54, 1.807) is 6.92 Å². The van der Waals surface area contributed by atoms with Gasteiger partial charge in [0.15, 0.2) is 0 Å². The minimum atomic E-state index is -0.740. The largest absolute Gasteiger partial charge is 0.447 e. The molecule has 2 saturated heterocycles. The number of aromatic nitrogens is 2. The molecule has 1 aromatic rings. The van der Waals surface area contributed by atoms with Crippen molar-refractivity contribution in [2.24, 2.45) is 5.11 Å². The Morgan fingerprint density at radius 2 is 2.19 bits per heavy atom. The molecule has 0 bridgehead atoms. The van der Waals surface area contributed by atoms with Gasteiger partial charge in [-0.1, -0.05) is 5.11 Å². The van der Waals surface area contributed by atoms with E-state index in [1.807, 2.05) is 0 Å². The van der Waals surface area contributed by atoms with Crippen molar-refractivity contribution in [1.29, 1.82) is 0 Å². The van der Waals surface area contributed by atoms with Crippen LogP contribution in [0.5, 0.6) is 0 Å². The maximum absolute atomic E-state index is 12.1. The van der Waals surface area contributed by atoms with Gasteiger partial charge in [-0.05, 0) is 12.5 Å². The van der Waals surface area contributed by atoms with Gasteiger partial charge in [0.25, 0.3) is 5.56 Å². The molecule has 0 radical (unpaired) electrons. The summed E-state index contributed by atoms with van der Waals surface area (Å²) < 4.78 is 17.5. The van der Waals surface area contributed by atoms with E-state index in [-0.39, 0.29) is 13.0 Å². The van der Waals surface area contributed by atoms with Gasteiger partial charge in [0.1, 0.15) is 18.9 Å². The van der Waals surface area contributed by atoms with Crippen LogP contribution in [0.15, 0.2) is 20.9 Å². The monoisotopic (exact) mass is 380 g/mol. The third-order valence-electron chi connectivity index (χ3n) is 4.50. The molecule has 1 N–H and O–H groups in total. The molecule has 3 atom stereocenters. The molecule has 0 unspecified atom stereocenters.